The molecule has 3 N–H and O–H groups in total. The summed E-state index contributed by atoms with van der Waals surface area (Å²) in [6.45, 7) is -2.15. The highest BCUT2D eigenvalue weighted by Crippen LogP contribution is 2.65. The van der Waals surface area contributed by atoms with Gasteiger partial charge in [0.05, 0.1) is 17.1 Å². The van der Waals surface area contributed by atoms with Gasteiger partial charge in [-0.25, -0.2) is 0 Å². The standard InChI is InChI=1S/C20H25NO4/c22-13-4-3-12-9-15-20(24)6-5-14(23)18-19(20,16(12)17(13)25-18)7-8-21(15)10-11-1-2-11/h3-4,11,14-15,18,22-24H,1-2,5-10H2/t14-,15-,18+,19+,20-/m1/s1/i1D2,2D2,10D2. The Bertz CT molecular complexity index is 990. The fourth-order valence-corrected chi connectivity index (χ4v) is 5.94. The van der Waals surface area contributed by atoms with Gasteiger partial charge in [-0.1, -0.05) is 6.07 Å². The van der Waals surface area contributed by atoms with Crippen LogP contribution in [-0.2, 0) is 11.8 Å². The minimum Gasteiger partial charge on any atom is -0.504 e. The number of benzene rings is 1. The highest BCUT2D eigenvalue weighted by atomic mass is 16.5. The molecule has 2 bridgehead atoms. The van der Waals surface area contributed by atoms with E-state index in [1.54, 1.807) is 6.07 Å². The minimum atomic E-state index is -2.31. The summed E-state index contributed by atoms with van der Waals surface area (Å²) in [7, 11) is 0. The van der Waals surface area contributed by atoms with E-state index in [2.05, 4.69) is 0 Å². The second-order valence-electron chi connectivity index (χ2n) is 8.00. The maximum atomic E-state index is 12.1. The first-order valence-corrected chi connectivity index (χ1v) is 9.01. The van der Waals surface area contributed by atoms with Gasteiger partial charge in [-0.2, -0.15) is 0 Å². The fourth-order valence-electron chi connectivity index (χ4n) is 5.94. The first-order chi connectivity index (χ1) is 14.3. The van der Waals surface area contributed by atoms with Crippen molar-refractivity contribution in [1.29, 1.82) is 0 Å². The van der Waals surface area contributed by atoms with Crippen LogP contribution < -0.4 is 4.74 Å². The number of phenols is 1. The molecule has 3 aliphatic carbocycles. The number of hydrogen-bond acceptors (Lipinski definition) is 5. The quantitative estimate of drug-likeness (QED) is 0.751. The summed E-state index contributed by atoms with van der Waals surface area (Å²) >= 11 is 0. The van der Waals surface area contributed by atoms with E-state index < -0.39 is 54.4 Å². The van der Waals surface area contributed by atoms with E-state index in [9.17, 15) is 15.3 Å². The first-order valence-electron chi connectivity index (χ1n) is 12.0. The Kier molecular flexibility index (Phi) is 1.83. The van der Waals surface area contributed by atoms with E-state index in [1.807, 2.05) is 0 Å². The largest absolute Gasteiger partial charge is 0.504 e. The average Bonchev–Trinajstić information content (AvgIpc) is 2.94. The number of aliphatic hydroxyl groups is 2. The molecule has 0 radical (unpaired) electrons. The number of aromatic hydroxyl groups is 1. The van der Waals surface area contributed by atoms with Crippen LogP contribution in [0.2, 0.25) is 0 Å². The molecule has 1 spiro atoms. The molecule has 134 valence electrons. The Labute approximate surface area is 155 Å². The van der Waals surface area contributed by atoms with E-state index in [4.69, 9.17) is 13.0 Å². The summed E-state index contributed by atoms with van der Waals surface area (Å²) in [5, 5.41) is 33.3. The molecule has 2 saturated carbocycles. The third-order valence-corrected chi connectivity index (χ3v) is 7.01. The van der Waals surface area contributed by atoms with Gasteiger partial charge < -0.3 is 20.1 Å². The van der Waals surface area contributed by atoms with Gasteiger partial charge in [0, 0.05) is 26.3 Å². The van der Waals surface area contributed by atoms with Crippen LogP contribution in [-0.4, -0.2) is 57.1 Å². The molecule has 2 aliphatic heterocycles. The van der Waals surface area contributed by atoms with Gasteiger partial charge in [0.1, 0.15) is 6.10 Å². The van der Waals surface area contributed by atoms with Crippen molar-refractivity contribution >= 4 is 0 Å². The van der Waals surface area contributed by atoms with Crippen LogP contribution in [0.5, 0.6) is 11.5 Å². The predicted molar refractivity (Wildman–Crippen MR) is 90.8 cm³/mol. The molecular weight excluding hydrogens is 318 g/mol. The number of piperidine rings is 1. The normalized spacial score (nSPS) is 52.5. The van der Waals surface area contributed by atoms with E-state index in [-0.39, 0.29) is 43.7 Å². The number of ether oxygens (including phenoxy) is 1. The highest BCUT2D eigenvalue weighted by molar-refractivity contribution is 5.62. The summed E-state index contributed by atoms with van der Waals surface area (Å²) in [5.41, 5.74) is -0.942. The summed E-state index contributed by atoms with van der Waals surface area (Å²) in [4.78, 5) is 1.45. The van der Waals surface area contributed by atoms with E-state index in [1.165, 1.54) is 11.0 Å². The maximum Gasteiger partial charge on any atom is 0.165 e. The van der Waals surface area contributed by atoms with E-state index >= 15 is 0 Å². The molecule has 25 heavy (non-hydrogen) atoms. The maximum absolute atomic E-state index is 12.1. The summed E-state index contributed by atoms with van der Waals surface area (Å²) in [5.74, 6) is -1.23. The Morgan fingerprint density at radius 3 is 3.00 bits per heavy atom. The minimum absolute atomic E-state index is 0.0485. The molecule has 2 heterocycles. The van der Waals surface area contributed by atoms with Crippen LogP contribution in [0, 0.1) is 5.92 Å². The molecule has 5 heteroatoms. The predicted octanol–water partition coefficient (Wildman–Crippen LogP) is 1.32. The molecule has 5 nitrogen and oxygen atoms in total. The van der Waals surface area contributed by atoms with Crippen molar-refractivity contribution in [3.8, 4) is 11.5 Å². The molecule has 1 aromatic rings. The topological polar surface area (TPSA) is 73.2 Å². The van der Waals surface area contributed by atoms with Crippen LogP contribution in [0.4, 0.5) is 0 Å². The van der Waals surface area contributed by atoms with Crippen molar-refractivity contribution in [2.75, 3.05) is 13.0 Å². The van der Waals surface area contributed by atoms with Crippen LogP contribution in [0.15, 0.2) is 12.1 Å². The lowest BCUT2D eigenvalue weighted by atomic mass is 9.48. The lowest BCUT2D eigenvalue weighted by Gasteiger charge is -2.63. The van der Waals surface area contributed by atoms with Gasteiger partial charge in [0.25, 0.3) is 0 Å². The molecular formula is C20H25NO4. The summed E-state index contributed by atoms with van der Waals surface area (Å²) in [6, 6.07) is 2.51. The second kappa shape index (κ2) is 4.51. The van der Waals surface area contributed by atoms with Crippen LogP contribution in [0.3, 0.4) is 0 Å². The monoisotopic (exact) mass is 349 g/mol. The van der Waals surface area contributed by atoms with Crippen molar-refractivity contribution in [3.05, 3.63) is 23.3 Å². The first kappa shape index (κ1) is 10.1. The van der Waals surface area contributed by atoms with Gasteiger partial charge in [0.2, 0.25) is 0 Å². The number of phenolic OH excluding ortho intramolecular Hbond substituents is 1. The van der Waals surface area contributed by atoms with Crippen LogP contribution in [0.1, 0.15) is 51.4 Å². The molecule has 0 unspecified atom stereocenters. The molecule has 5 aliphatic rings. The van der Waals surface area contributed by atoms with Crippen molar-refractivity contribution in [2.24, 2.45) is 5.92 Å². The zero-order chi connectivity index (χ0) is 22.4. The third-order valence-electron chi connectivity index (χ3n) is 7.01. The van der Waals surface area contributed by atoms with Gasteiger partial charge in [0.15, 0.2) is 11.5 Å². The highest BCUT2D eigenvalue weighted by Gasteiger charge is 2.72. The number of nitrogens with zero attached hydrogens (tertiary/aromatic N) is 1. The Hall–Kier alpha value is -1.30. The van der Waals surface area contributed by atoms with E-state index in [0.717, 1.165) is 5.56 Å². The number of rotatable bonds is 2. The fraction of sp³-hybridized carbons (Fsp3) is 0.700. The van der Waals surface area contributed by atoms with Crippen molar-refractivity contribution in [1.82, 2.24) is 4.90 Å². The number of hydrogen-bond donors (Lipinski definition) is 3. The summed E-state index contributed by atoms with van der Waals surface area (Å²) < 4.78 is 55.5. The van der Waals surface area contributed by atoms with Crippen molar-refractivity contribution < 1.29 is 28.3 Å². The zero-order valence-corrected chi connectivity index (χ0v) is 13.7. The van der Waals surface area contributed by atoms with E-state index in [0.29, 0.717) is 5.56 Å². The molecule has 1 aromatic carbocycles. The van der Waals surface area contributed by atoms with Crippen molar-refractivity contribution in [3.63, 3.8) is 0 Å². The smallest absolute Gasteiger partial charge is 0.165 e. The average molecular weight is 349 g/mol. The Balaban J connectivity index is 1.51. The molecule has 0 aromatic heterocycles. The SMILES string of the molecule is [2H]C([2H])(C1C([2H])([2H])C1([2H])[2H])N1CC[C@]23c4c5ccc(O)c4O[C@H]2[C@H](O)CC[C@@]3(O)[C@H]1C5. The zero-order valence-electron chi connectivity index (χ0n) is 19.7. The third kappa shape index (κ3) is 1.61. The molecule has 1 saturated heterocycles. The van der Waals surface area contributed by atoms with Gasteiger partial charge in [-0.05, 0) is 62.5 Å². The number of likely N-dealkylation sites (tertiary alicyclic amines) is 1. The molecule has 5 atom stereocenters. The van der Waals surface area contributed by atoms with Gasteiger partial charge in [-0.15, -0.1) is 0 Å². The Morgan fingerprint density at radius 1 is 1.36 bits per heavy atom. The lowest BCUT2D eigenvalue weighted by Crippen LogP contribution is -2.77. The number of aliphatic hydroxyl groups excluding tert-OH is 1. The van der Waals surface area contributed by atoms with Gasteiger partial charge in [-0.3, -0.25) is 4.90 Å². The summed E-state index contributed by atoms with van der Waals surface area (Å²) in [6.07, 6.45) is -5.19. The van der Waals surface area contributed by atoms with Crippen LogP contribution in [0.25, 0.3) is 0 Å². The van der Waals surface area contributed by atoms with Gasteiger partial charge >= 0.3 is 0 Å². The lowest BCUT2D eigenvalue weighted by molar-refractivity contribution is -0.208. The Morgan fingerprint density at radius 2 is 2.20 bits per heavy atom. The van der Waals surface area contributed by atoms with Crippen LogP contribution >= 0.6 is 0 Å². The molecule has 0 amide bonds. The molecule has 3 fully saturated rings. The second-order valence-corrected chi connectivity index (χ2v) is 8.00. The van der Waals surface area contributed by atoms with Crippen molar-refractivity contribution in [2.45, 2.75) is 67.7 Å². The molecule has 6 rings (SSSR count).